The minimum Gasteiger partial charge on any atom is -0.493 e. The molecule has 0 saturated heterocycles. The number of rotatable bonds is 8. The summed E-state index contributed by atoms with van der Waals surface area (Å²) in [5.41, 5.74) is 20.6. The zero-order valence-electron chi connectivity index (χ0n) is 22.4. The molecule has 35 heavy (non-hydrogen) atoms. The number of hydrogen-bond acceptors (Lipinski definition) is 2. The van der Waals surface area contributed by atoms with Crippen LogP contribution in [0.5, 0.6) is 0 Å². The summed E-state index contributed by atoms with van der Waals surface area (Å²) in [6.45, 7) is 12.5. The maximum atomic E-state index is 11.4. The van der Waals surface area contributed by atoms with Crippen LogP contribution < -0.4 is 0 Å². The Kier molecular flexibility index (Phi) is 17.2. The van der Waals surface area contributed by atoms with E-state index in [0.717, 1.165) is 61.0 Å². The van der Waals surface area contributed by atoms with E-state index in [2.05, 4.69) is 76.2 Å². The van der Waals surface area contributed by atoms with Crippen molar-refractivity contribution in [3.8, 4) is 0 Å². The van der Waals surface area contributed by atoms with E-state index in [4.69, 9.17) is 10.2 Å². The molecule has 5 heteroatoms. The second-order valence-electron chi connectivity index (χ2n) is 8.54. The van der Waals surface area contributed by atoms with Crippen molar-refractivity contribution in [2.75, 3.05) is 13.2 Å². The molecule has 0 bridgehead atoms. The molecule has 2 N–H and O–H groups in total. The fourth-order valence-electron chi connectivity index (χ4n) is 4.00. The normalized spacial score (nSPS) is 12.5. The molecule has 0 radical (unpaired) electrons. The van der Waals surface area contributed by atoms with Crippen LogP contribution in [0.15, 0.2) is 59.7 Å². The van der Waals surface area contributed by atoms with Gasteiger partial charge in [-0.1, -0.05) is 62.1 Å². The number of nitrogens with zero attached hydrogens (tertiary/aromatic N) is 2. The number of unbranched alkanes of at least 4 members (excludes halogenated alkanes) is 2. The van der Waals surface area contributed by atoms with Crippen molar-refractivity contribution in [3.05, 3.63) is 87.5 Å². The van der Waals surface area contributed by atoms with Crippen LogP contribution in [-0.4, -0.2) is 28.1 Å². The van der Waals surface area contributed by atoms with Crippen molar-refractivity contribution >= 4 is 11.4 Å². The van der Waals surface area contributed by atoms with Gasteiger partial charge in [0, 0.05) is 52.0 Å². The molecule has 196 valence electrons. The molecule has 4 nitrogen and oxygen atoms in total. The first-order valence-corrected chi connectivity index (χ1v) is 12.7. The van der Waals surface area contributed by atoms with Crippen LogP contribution >= 0.6 is 0 Å². The van der Waals surface area contributed by atoms with Gasteiger partial charge in [0.2, 0.25) is 11.4 Å². The first-order valence-electron chi connectivity index (χ1n) is 12.7. The molecular weight excluding hydrogens is 479 g/mol. The molecule has 1 aliphatic heterocycles. The van der Waals surface area contributed by atoms with E-state index in [1.807, 2.05) is 0 Å². The quantitative estimate of drug-likeness (QED) is 0.273. The Bertz CT molecular complexity index is 961. The largest absolute Gasteiger partial charge is 0.493 e. The van der Waals surface area contributed by atoms with Crippen molar-refractivity contribution in [2.45, 2.75) is 80.1 Å². The summed E-state index contributed by atoms with van der Waals surface area (Å²) in [7, 11) is 0. The second-order valence-corrected chi connectivity index (χ2v) is 8.54. The Hall–Kier alpha value is -2.07. The van der Waals surface area contributed by atoms with Crippen molar-refractivity contribution < 1.29 is 31.4 Å². The van der Waals surface area contributed by atoms with E-state index in [-0.39, 0.29) is 29.7 Å². The topological polar surface area (TPSA) is 65.8 Å². The Morgan fingerprint density at radius 2 is 1.14 bits per heavy atom. The van der Waals surface area contributed by atoms with Gasteiger partial charge in [0.25, 0.3) is 0 Å². The zero-order chi connectivity index (χ0) is 25.5. The van der Waals surface area contributed by atoms with Crippen LogP contribution in [-0.2, 0) is 16.5 Å². The SMILES string of the molecule is CCCCC1=C(c2ccc(C)cc2)[N+](=[N-])C(c2cccc(C)c2)=C1CCCC.CCO.CCO.[Ni]. The molecule has 3 rings (SSSR count). The summed E-state index contributed by atoms with van der Waals surface area (Å²) in [4.78, 5) is 0. The number of benzene rings is 2. The summed E-state index contributed by atoms with van der Waals surface area (Å²) in [6.07, 6.45) is 6.58. The Balaban J connectivity index is 0.00000150. The van der Waals surface area contributed by atoms with Crippen molar-refractivity contribution in [2.24, 2.45) is 0 Å². The Morgan fingerprint density at radius 3 is 1.57 bits per heavy atom. The molecule has 0 amide bonds. The minimum atomic E-state index is 0. The fraction of sp³-hybridized carbons (Fsp3) is 0.467. The van der Waals surface area contributed by atoms with E-state index in [1.54, 1.807) is 13.8 Å². The van der Waals surface area contributed by atoms with Crippen LogP contribution in [0.4, 0.5) is 0 Å². The van der Waals surface area contributed by atoms with Gasteiger partial charge in [-0.05, 0) is 77.6 Å². The summed E-state index contributed by atoms with van der Waals surface area (Å²) in [6, 6.07) is 17.0. The van der Waals surface area contributed by atoms with Gasteiger partial charge in [-0.25, -0.2) is 4.70 Å². The van der Waals surface area contributed by atoms with Crippen molar-refractivity contribution in [1.29, 1.82) is 0 Å². The van der Waals surface area contributed by atoms with Crippen LogP contribution in [0.1, 0.15) is 88.5 Å². The van der Waals surface area contributed by atoms with E-state index >= 15 is 0 Å². The van der Waals surface area contributed by atoms with Gasteiger partial charge >= 0.3 is 0 Å². The van der Waals surface area contributed by atoms with Crippen LogP contribution in [0.25, 0.3) is 16.9 Å². The molecule has 0 aromatic heterocycles. The van der Waals surface area contributed by atoms with E-state index in [1.165, 1.54) is 27.0 Å². The van der Waals surface area contributed by atoms with Gasteiger partial charge in [0.15, 0.2) is 0 Å². The fourth-order valence-corrected chi connectivity index (χ4v) is 4.00. The van der Waals surface area contributed by atoms with Gasteiger partial charge in [-0.15, -0.1) is 0 Å². The summed E-state index contributed by atoms with van der Waals surface area (Å²) < 4.78 is 1.47. The second kappa shape index (κ2) is 18.2. The number of allylic oxidation sites excluding steroid dienone is 2. The predicted molar refractivity (Wildman–Crippen MR) is 144 cm³/mol. The summed E-state index contributed by atoms with van der Waals surface area (Å²) in [5, 5.41) is 15.1. The summed E-state index contributed by atoms with van der Waals surface area (Å²) in [5.74, 6) is 0. The summed E-state index contributed by atoms with van der Waals surface area (Å²) >= 11 is 0. The smallest absolute Gasteiger partial charge is 0.211 e. The number of aliphatic hydroxyl groups excluding tert-OH is 2. The van der Waals surface area contributed by atoms with E-state index < -0.39 is 0 Å². The van der Waals surface area contributed by atoms with Gasteiger partial charge < -0.3 is 15.7 Å². The molecule has 0 aliphatic carbocycles. The monoisotopic (exact) mass is 522 g/mol. The average molecular weight is 523 g/mol. The molecular formula is C30H44N2NiO2. The number of hydrogen-bond donors (Lipinski definition) is 2. The predicted octanol–water partition coefficient (Wildman–Crippen LogP) is 7.85. The Morgan fingerprint density at radius 1 is 0.686 bits per heavy atom. The standard InChI is InChI=1S/C26H32N2.2C2H6O.Ni/c1-5-7-12-23-24(13-8-6-2)26(22-11-9-10-20(4)18-22)28(27)25(23)21-16-14-19(3)15-17-21;2*1-2-3;/h9-11,14-18H,5-8,12-13H2,1-4H3;2*3H,2H2,1H3;. The minimum absolute atomic E-state index is 0. The number of aryl methyl sites for hydroxylation is 2. The van der Waals surface area contributed by atoms with Crippen molar-refractivity contribution in [1.82, 2.24) is 0 Å². The number of aliphatic hydroxyl groups is 2. The van der Waals surface area contributed by atoms with Crippen LogP contribution in [0.3, 0.4) is 0 Å². The van der Waals surface area contributed by atoms with E-state index in [0.29, 0.717) is 0 Å². The molecule has 1 heterocycles. The first kappa shape index (κ1) is 32.9. The van der Waals surface area contributed by atoms with Crippen LogP contribution in [0.2, 0.25) is 0 Å². The van der Waals surface area contributed by atoms with E-state index in [9.17, 15) is 5.53 Å². The van der Waals surface area contributed by atoms with Gasteiger partial charge in [-0.2, -0.15) is 0 Å². The molecule has 0 atom stereocenters. The first-order chi connectivity index (χ1) is 16.4. The molecule has 2 aromatic rings. The Labute approximate surface area is 223 Å². The van der Waals surface area contributed by atoms with Crippen molar-refractivity contribution in [3.63, 3.8) is 0 Å². The molecule has 0 saturated carbocycles. The third kappa shape index (κ3) is 9.84. The maximum absolute atomic E-state index is 11.4. The average Bonchev–Trinajstić information content (AvgIpc) is 3.08. The molecule has 0 fully saturated rings. The molecule has 2 aromatic carbocycles. The molecule has 1 aliphatic rings. The van der Waals surface area contributed by atoms with Crippen LogP contribution in [0, 0.1) is 13.8 Å². The van der Waals surface area contributed by atoms with Gasteiger partial charge in [-0.3, -0.25) is 0 Å². The van der Waals surface area contributed by atoms with Gasteiger partial charge in [0.1, 0.15) is 0 Å². The zero-order valence-corrected chi connectivity index (χ0v) is 23.4. The van der Waals surface area contributed by atoms with Gasteiger partial charge in [0.05, 0.1) is 0 Å². The third-order valence-electron chi connectivity index (χ3n) is 5.54. The molecule has 0 spiro atoms. The molecule has 0 unspecified atom stereocenters. The third-order valence-corrected chi connectivity index (χ3v) is 5.54. The maximum Gasteiger partial charge on any atom is 0.211 e.